The van der Waals surface area contributed by atoms with Crippen molar-refractivity contribution in [1.82, 2.24) is 10.1 Å². The molecule has 0 radical (unpaired) electrons. The van der Waals surface area contributed by atoms with Crippen molar-refractivity contribution in [3.05, 3.63) is 33.4 Å². The lowest BCUT2D eigenvalue weighted by Crippen LogP contribution is -2.44. The van der Waals surface area contributed by atoms with Crippen molar-refractivity contribution < 1.29 is 8.91 Å². The monoisotopic (exact) mass is 395 g/mol. The van der Waals surface area contributed by atoms with Gasteiger partial charge in [0.1, 0.15) is 5.82 Å². The number of hydrogen-bond donors (Lipinski definition) is 1. The van der Waals surface area contributed by atoms with E-state index in [1.165, 1.54) is 12.1 Å². The SMILES string of the molecule is Cl.NC1(c2noc(-c3cc(F)ccc3I)n2)CCC1. The van der Waals surface area contributed by atoms with E-state index in [-0.39, 0.29) is 18.2 Å². The molecule has 102 valence electrons. The molecule has 3 rings (SSSR count). The van der Waals surface area contributed by atoms with Crippen LogP contribution in [0.25, 0.3) is 11.5 Å². The van der Waals surface area contributed by atoms with Crippen LogP contribution in [0.15, 0.2) is 22.7 Å². The molecule has 2 aromatic rings. The van der Waals surface area contributed by atoms with Crippen LogP contribution >= 0.6 is 35.0 Å². The van der Waals surface area contributed by atoms with E-state index in [0.717, 1.165) is 22.8 Å². The van der Waals surface area contributed by atoms with E-state index in [1.807, 2.05) is 0 Å². The normalized spacial score (nSPS) is 16.6. The Labute approximate surface area is 129 Å². The molecule has 2 N–H and O–H groups in total. The summed E-state index contributed by atoms with van der Waals surface area (Å²) in [5.74, 6) is 0.519. The zero-order valence-corrected chi connectivity index (χ0v) is 12.9. The van der Waals surface area contributed by atoms with Gasteiger partial charge in [-0.05, 0) is 60.1 Å². The van der Waals surface area contributed by atoms with Crippen LogP contribution < -0.4 is 5.73 Å². The summed E-state index contributed by atoms with van der Waals surface area (Å²) in [5.41, 5.74) is 6.27. The summed E-state index contributed by atoms with van der Waals surface area (Å²) >= 11 is 2.11. The Balaban J connectivity index is 0.00000133. The van der Waals surface area contributed by atoms with Crippen molar-refractivity contribution in [1.29, 1.82) is 0 Å². The first-order valence-corrected chi connectivity index (χ1v) is 6.75. The molecule has 1 aromatic heterocycles. The highest BCUT2D eigenvalue weighted by Gasteiger charge is 2.39. The fraction of sp³-hybridized carbons (Fsp3) is 0.333. The molecule has 7 heteroatoms. The zero-order chi connectivity index (χ0) is 12.8. The number of rotatable bonds is 2. The van der Waals surface area contributed by atoms with E-state index in [0.29, 0.717) is 17.3 Å². The third-order valence-corrected chi connectivity index (χ3v) is 4.22. The second-order valence-corrected chi connectivity index (χ2v) is 5.72. The van der Waals surface area contributed by atoms with Crippen LogP contribution in [-0.4, -0.2) is 10.1 Å². The van der Waals surface area contributed by atoms with Crippen LogP contribution in [0.1, 0.15) is 25.1 Å². The number of aromatic nitrogens is 2. The van der Waals surface area contributed by atoms with Crippen LogP contribution in [-0.2, 0) is 5.54 Å². The zero-order valence-electron chi connectivity index (χ0n) is 9.90. The summed E-state index contributed by atoms with van der Waals surface area (Å²) < 4.78 is 19.3. The van der Waals surface area contributed by atoms with E-state index in [1.54, 1.807) is 6.07 Å². The van der Waals surface area contributed by atoms with Crippen LogP contribution in [0.3, 0.4) is 0 Å². The first-order valence-electron chi connectivity index (χ1n) is 5.67. The fourth-order valence-electron chi connectivity index (χ4n) is 1.98. The van der Waals surface area contributed by atoms with Crippen molar-refractivity contribution in [2.45, 2.75) is 24.8 Å². The average Bonchev–Trinajstić information content (AvgIpc) is 2.79. The molecule has 4 nitrogen and oxygen atoms in total. The smallest absolute Gasteiger partial charge is 0.259 e. The molecule has 0 atom stereocenters. The first-order chi connectivity index (χ1) is 8.58. The van der Waals surface area contributed by atoms with Gasteiger partial charge in [0.15, 0.2) is 5.82 Å². The van der Waals surface area contributed by atoms with Gasteiger partial charge in [-0.3, -0.25) is 0 Å². The van der Waals surface area contributed by atoms with Crippen LogP contribution in [0.4, 0.5) is 4.39 Å². The summed E-state index contributed by atoms with van der Waals surface area (Å²) in [4.78, 5) is 4.30. The number of nitrogens with zero attached hydrogens (tertiary/aromatic N) is 2. The van der Waals surface area contributed by atoms with Gasteiger partial charge in [-0.15, -0.1) is 12.4 Å². The molecular formula is C12H12ClFIN3O. The summed E-state index contributed by atoms with van der Waals surface area (Å²) in [6.07, 6.45) is 2.82. The Hall–Kier alpha value is -0.730. The molecule has 0 bridgehead atoms. The quantitative estimate of drug-likeness (QED) is 0.793. The molecule has 1 saturated carbocycles. The maximum absolute atomic E-state index is 13.2. The van der Waals surface area contributed by atoms with Gasteiger partial charge in [0.05, 0.1) is 11.1 Å². The van der Waals surface area contributed by atoms with E-state index in [9.17, 15) is 4.39 Å². The minimum atomic E-state index is -0.458. The number of nitrogens with two attached hydrogens (primary N) is 1. The van der Waals surface area contributed by atoms with E-state index in [4.69, 9.17) is 10.3 Å². The van der Waals surface area contributed by atoms with Gasteiger partial charge in [0.2, 0.25) is 0 Å². The summed E-state index contributed by atoms with van der Waals surface area (Å²) in [5, 5.41) is 3.92. The van der Waals surface area contributed by atoms with E-state index < -0.39 is 5.54 Å². The van der Waals surface area contributed by atoms with E-state index in [2.05, 4.69) is 32.7 Å². The number of hydrogen-bond acceptors (Lipinski definition) is 4. The van der Waals surface area contributed by atoms with Crippen LogP contribution in [0.5, 0.6) is 0 Å². The van der Waals surface area contributed by atoms with Crippen molar-refractivity contribution in [2.75, 3.05) is 0 Å². The van der Waals surface area contributed by atoms with Gasteiger partial charge >= 0.3 is 0 Å². The molecule has 0 spiro atoms. The lowest BCUT2D eigenvalue weighted by atomic mass is 9.77. The maximum Gasteiger partial charge on any atom is 0.259 e. The predicted octanol–water partition coefficient (Wildman–Crippen LogP) is 3.24. The molecule has 19 heavy (non-hydrogen) atoms. The van der Waals surface area contributed by atoms with Gasteiger partial charge in [0, 0.05) is 3.57 Å². The number of benzene rings is 1. The standard InChI is InChI=1S/C12H11FIN3O.ClH/c13-7-2-3-9(14)8(6-7)10-16-11(17-18-10)12(15)4-1-5-12;/h2-3,6H,1,4-5,15H2;1H. The molecule has 1 fully saturated rings. The first kappa shape index (κ1) is 14.7. The van der Waals surface area contributed by atoms with Crippen LogP contribution in [0, 0.1) is 9.39 Å². The Morgan fingerprint density at radius 3 is 2.74 bits per heavy atom. The Morgan fingerprint density at radius 1 is 1.37 bits per heavy atom. The largest absolute Gasteiger partial charge is 0.334 e. The van der Waals surface area contributed by atoms with Crippen molar-refractivity contribution >= 4 is 35.0 Å². The van der Waals surface area contributed by atoms with Crippen molar-refractivity contribution in [3.8, 4) is 11.5 Å². The minimum absolute atomic E-state index is 0. The molecule has 0 unspecified atom stereocenters. The second kappa shape index (κ2) is 5.34. The fourth-order valence-corrected chi connectivity index (χ4v) is 2.54. The van der Waals surface area contributed by atoms with Gasteiger partial charge < -0.3 is 10.3 Å². The topological polar surface area (TPSA) is 64.9 Å². The highest BCUT2D eigenvalue weighted by molar-refractivity contribution is 14.1. The van der Waals surface area contributed by atoms with Gasteiger partial charge in [-0.1, -0.05) is 5.16 Å². The minimum Gasteiger partial charge on any atom is -0.334 e. The highest BCUT2D eigenvalue weighted by Crippen LogP contribution is 2.38. The van der Waals surface area contributed by atoms with Gasteiger partial charge in [-0.2, -0.15) is 4.98 Å². The molecule has 1 aliphatic carbocycles. The number of halogens is 3. The molecule has 1 heterocycles. The third kappa shape index (κ3) is 2.61. The lowest BCUT2D eigenvalue weighted by Gasteiger charge is -2.34. The Bertz CT molecular complexity index is 600. The molecule has 0 saturated heterocycles. The molecule has 1 aliphatic rings. The Kier molecular flexibility index (Phi) is 4.12. The van der Waals surface area contributed by atoms with Crippen molar-refractivity contribution in [2.24, 2.45) is 5.73 Å². The highest BCUT2D eigenvalue weighted by atomic mass is 127. The average molecular weight is 396 g/mol. The second-order valence-electron chi connectivity index (χ2n) is 4.56. The molecular weight excluding hydrogens is 384 g/mol. The summed E-state index contributed by atoms with van der Waals surface area (Å²) in [6, 6.07) is 4.47. The molecule has 1 aromatic carbocycles. The molecule has 0 amide bonds. The van der Waals surface area contributed by atoms with Crippen LogP contribution in [0.2, 0.25) is 0 Å². The maximum atomic E-state index is 13.2. The molecule has 0 aliphatic heterocycles. The van der Waals surface area contributed by atoms with Crippen molar-refractivity contribution in [3.63, 3.8) is 0 Å². The lowest BCUT2D eigenvalue weighted by molar-refractivity contribution is 0.229. The Morgan fingerprint density at radius 2 is 2.11 bits per heavy atom. The van der Waals surface area contributed by atoms with E-state index >= 15 is 0 Å². The van der Waals surface area contributed by atoms with Gasteiger partial charge in [-0.25, -0.2) is 4.39 Å². The summed E-state index contributed by atoms with van der Waals surface area (Å²) in [6.45, 7) is 0. The summed E-state index contributed by atoms with van der Waals surface area (Å²) in [7, 11) is 0. The third-order valence-electron chi connectivity index (χ3n) is 3.28. The van der Waals surface area contributed by atoms with Gasteiger partial charge in [0.25, 0.3) is 5.89 Å². The predicted molar refractivity (Wildman–Crippen MR) is 79.4 cm³/mol.